The molecule has 1 N–H and O–H groups in total. The van der Waals surface area contributed by atoms with Gasteiger partial charge in [-0.15, -0.1) is 9.78 Å². The maximum atomic E-state index is 12.5. The summed E-state index contributed by atoms with van der Waals surface area (Å²) in [6.07, 6.45) is 0. The van der Waals surface area contributed by atoms with Crippen molar-refractivity contribution in [2.24, 2.45) is 7.05 Å². The fourth-order valence-electron chi connectivity index (χ4n) is 2.00. The fourth-order valence-corrected chi connectivity index (χ4v) is 3.80. The Morgan fingerprint density at radius 3 is 2.63 bits per heavy atom. The van der Waals surface area contributed by atoms with Crippen molar-refractivity contribution in [3.8, 4) is 0 Å². The third-order valence-corrected chi connectivity index (χ3v) is 5.60. The fraction of sp³-hybridized carbons (Fsp3) is 0.286. The number of alkyl halides is 1. The number of benzene rings is 1. The summed E-state index contributed by atoms with van der Waals surface area (Å²) in [5.41, 5.74) is -1.20. The Bertz CT molecular complexity index is 1030. The van der Waals surface area contributed by atoms with Crippen molar-refractivity contribution < 1.29 is 27.1 Å². The molecule has 0 saturated carbocycles. The molecule has 1 amide bonds. The summed E-state index contributed by atoms with van der Waals surface area (Å²) in [4.78, 5) is 35.5. The number of rotatable bonds is 6. The van der Waals surface area contributed by atoms with E-state index in [1.807, 2.05) is 0 Å². The summed E-state index contributed by atoms with van der Waals surface area (Å²) in [5.74, 6) is -0.903. The van der Waals surface area contributed by atoms with Crippen LogP contribution >= 0.6 is 11.8 Å². The summed E-state index contributed by atoms with van der Waals surface area (Å²) in [5, 5.41) is 3.74. The number of ether oxygens (including phenoxy) is 1. The first-order chi connectivity index (χ1) is 12.7. The van der Waals surface area contributed by atoms with Gasteiger partial charge in [0, 0.05) is 12.8 Å². The Labute approximate surface area is 157 Å². The van der Waals surface area contributed by atoms with Crippen LogP contribution in [0.4, 0.5) is 9.18 Å². The number of aromatic nitrogens is 3. The minimum atomic E-state index is -4.51. The van der Waals surface area contributed by atoms with Gasteiger partial charge in [0.15, 0.2) is 5.16 Å². The van der Waals surface area contributed by atoms with E-state index in [9.17, 15) is 27.2 Å². The Morgan fingerprint density at radius 1 is 1.33 bits per heavy atom. The zero-order chi connectivity index (χ0) is 20.2. The second-order valence-corrected chi connectivity index (χ2v) is 7.68. The van der Waals surface area contributed by atoms with Crippen LogP contribution in [0.25, 0.3) is 0 Å². The lowest BCUT2D eigenvalue weighted by Crippen LogP contribution is -2.40. The normalized spacial score (nSPS) is 11.2. The molecule has 1 heterocycles. The molecule has 0 bridgehead atoms. The van der Waals surface area contributed by atoms with Gasteiger partial charge in [-0.2, -0.15) is 0 Å². The summed E-state index contributed by atoms with van der Waals surface area (Å²) in [6, 6.07) is 3.74. The lowest BCUT2D eigenvalue weighted by Gasteiger charge is -2.09. The average molecular weight is 418 g/mol. The SMILES string of the molecule is COC(=O)c1ccccc1S(=O)(=O)NC(=O)n1nc(SCCF)n(C)c1=O. The van der Waals surface area contributed by atoms with Gasteiger partial charge in [-0.25, -0.2) is 27.5 Å². The largest absolute Gasteiger partial charge is 0.465 e. The van der Waals surface area contributed by atoms with Gasteiger partial charge < -0.3 is 4.74 Å². The van der Waals surface area contributed by atoms with Crippen LogP contribution < -0.4 is 10.4 Å². The lowest BCUT2D eigenvalue weighted by atomic mass is 10.2. The maximum absolute atomic E-state index is 12.5. The van der Waals surface area contributed by atoms with E-state index >= 15 is 0 Å². The minimum absolute atomic E-state index is 0.0106. The van der Waals surface area contributed by atoms with Gasteiger partial charge in [0.1, 0.15) is 4.90 Å². The van der Waals surface area contributed by atoms with Crippen molar-refractivity contribution in [1.29, 1.82) is 0 Å². The van der Waals surface area contributed by atoms with Crippen molar-refractivity contribution in [2.75, 3.05) is 19.5 Å². The number of carbonyl (C=O) groups excluding carboxylic acids is 2. The number of nitrogens with one attached hydrogen (secondary N) is 1. The quantitative estimate of drug-likeness (QED) is 0.526. The van der Waals surface area contributed by atoms with E-state index in [1.165, 1.54) is 25.2 Å². The molecule has 13 heteroatoms. The van der Waals surface area contributed by atoms with Gasteiger partial charge in [-0.1, -0.05) is 23.9 Å². The van der Waals surface area contributed by atoms with Crippen molar-refractivity contribution in [1.82, 2.24) is 19.1 Å². The van der Waals surface area contributed by atoms with Crippen LogP contribution in [-0.2, 0) is 21.8 Å². The van der Waals surface area contributed by atoms with E-state index in [1.54, 1.807) is 4.72 Å². The predicted molar refractivity (Wildman–Crippen MR) is 93.1 cm³/mol. The second-order valence-electron chi connectivity index (χ2n) is 4.97. The minimum Gasteiger partial charge on any atom is -0.465 e. The van der Waals surface area contributed by atoms with E-state index in [0.717, 1.165) is 29.5 Å². The number of carbonyl (C=O) groups is 2. The topological polar surface area (TPSA) is 129 Å². The Hall–Kier alpha value is -2.67. The summed E-state index contributed by atoms with van der Waals surface area (Å²) >= 11 is 0.889. The zero-order valence-corrected chi connectivity index (χ0v) is 15.8. The highest BCUT2D eigenvalue weighted by Crippen LogP contribution is 2.16. The molecular formula is C14H15FN4O6S2. The van der Waals surface area contributed by atoms with E-state index in [-0.39, 0.29) is 16.5 Å². The highest BCUT2D eigenvalue weighted by molar-refractivity contribution is 7.99. The molecule has 0 aliphatic heterocycles. The molecule has 146 valence electrons. The molecule has 2 rings (SSSR count). The molecule has 0 fully saturated rings. The first-order valence-electron chi connectivity index (χ1n) is 7.32. The van der Waals surface area contributed by atoms with Gasteiger partial charge in [0.2, 0.25) is 0 Å². The van der Waals surface area contributed by atoms with E-state index in [2.05, 4.69) is 9.84 Å². The first-order valence-corrected chi connectivity index (χ1v) is 9.79. The van der Waals surface area contributed by atoms with Gasteiger partial charge >= 0.3 is 17.7 Å². The molecule has 0 atom stereocenters. The van der Waals surface area contributed by atoms with E-state index in [4.69, 9.17) is 0 Å². The highest BCUT2D eigenvalue weighted by Gasteiger charge is 2.27. The second kappa shape index (κ2) is 8.35. The van der Waals surface area contributed by atoms with Gasteiger partial charge in [-0.05, 0) is 12.1 Å². The van der Waals surface area contributed by atoms with Gasteiger partial charge in [-0.3, -0.25) is 8.96 Å². The molecule has 0 spiro atoms. The Morgan fingerprint density at radius 2 is 2.00 bits per heavy atom. The number of sulfonamides is 1. The number of amides is 1. The monoisotopic (exact) mass is 418 g/mol. The zero-order valence-electron chi connectivity index (χ0n) is 14.2. The molecule has 10 nitrogen and oxygen atoms in total. The average Bonchev–Trinajstić information content (AvgIpc) is 2.93. The smallest absolute Gasteiger partial charge is 0.360 e. The molecule has 1 aromatic heterocycles. The van der Waals surface area contributed by atoms with Crippen molar-refractivity contribution in [3.05, 3.63) is 40.3 Å². The van der Waals surface area contributed by atoms with Crippen LogP contribution in [0.15, 0.2) is 39.1 Å². The molecule has 0 unspecified atom stereocenters. The summed E-state index contributed by atoms with van der Waals surface area (Å²) in [7, 11) is -2.12. The molecule has 0 aliphatic rings. The molecule has 27 heavy (non-hydrogen) atoms. The van der Waals surface area contributed by atoms with E-state index < -0.39 is 39.3 Å². The molecule has 0 radical (unpaired) electrons. The predicted octanol–water partition coefficient (Wildman–Crippen LogP) is 0.377. The lowest BCUT2D eigenvalue weighted by molar-refractivity contribution is 0.0596. The Kier molecular flexibility index (Phi) is 6.38. The van der Waals surface area contributed by atoms with Crippen LogP contribution in [0.3, 0.4) is 0 Å². The third kappa shape index (κ3) is 4.36. The molecule has 2 aromatic rings. The number of hydrogen-bond acceptors (Lipinski definition) is 8. The Balaban J connectivity index is 2.36. The van der Waals surface area contributed by atoms with Crippen molar-refractivity contribution in [3.63, 3.8) is 0 Å². The van der Waals surface area contributed by atoms with Gasteiger partial charge in [0.25, 0.3) is 10.0 Å². The van der Waals surface area contributed by atoms with Crippen LogP contribution in [0, 0.1) is 0 Å². The number of esters is 1. The highest BCUT2D eigenvalue weighted by atomic mass is 32.2. The van der Waals surface area contributed by atoms with Crippen LogP contribution in [0.2, 0.25) is 0 Å². The summed E-state index contributed by atoms with van der Waals surface area (Å²) < 4.78 is 44.7. The van der Waals surface area contributed by atoms with Crippen LogP contribution in [0.1, 0.15) is 10.4 Å². The van der Waals surface area contributed by atoms with Crippen molar-refractivity contribution >= 4 is 33.8 Å². The number of methoxy groups -OCH3 is 1. The standard InChI is InChI=1S/C14H15FN4O6S2/c1-18-13(26-8-7-15)16-19(14(18)22)12(21)17-27(23,24)10-6-4-3-5-9(10)11(20)25-2/h3-6H,7-8H2,1-2H3,(H,17,21). The number of thioether (sulfide) groups is 1. The maximum Gasteiger partial charge on any atom is 0.360 e. The van der Waals surface area contributed by atoms with Crippen LogP contribution in [0.5, 0.6) is 0 Å². The number of nitrogens with zero attached hydrogens (tertiary/aromatic N) is 3. The number of halogens is 1. The molecule has 0 saturated heterocycles. The molecule has 1 aromatic carbocycles. The van der Waals surface area contributed by atoms with Gasteiger partial charge in [0.05, 0.1) is 19.3 Å². The third-order valence-electron chi connectivity index (χ3n) is 3.24. The van der Waals surface area contributed by atoms with Crippen LogP contribution in [-0.4, -0.2) is 54.3 Å². The van der Waals surface area contributed by atoms with Crippen molar-refractivity contribution in [2.45, 2.75) is 10.1 Å². The molecule has 0 aliphatic carbocycles. The first kappa shape index (κ1) is 20.6. The van der Waals surface area contributed by atoms with E-state index in [0.29, 0.717) is 4.68 Å². The summed E-state index contributed by atoms with van der Waals surface area (Å²) in [6.45, 7) is -0.670. The number of hydrogen-bond donors (Lipinski definition) is 1. The molecular weight excluding hydrogens is 403 g/mol.